The first kappa shape index (κ1) is 43.2. The highest BCUT2D eigenvalue weighted by Crippen LogP contribution is 2.53. The summed E-state index contributed by atoms with van der Waals surface area (Å²) >= 11 is 0. The van der Waals surface area contributed by atoms with Crippen LogP contribution in [0.15, 0.2) is 59.6 Å². The Morgan fingerprint density at radius 2 is 1.45 bits per heavy atom. The molecule has 47 heavy (non-hydrogen) atoms. The molecule has 0 aromatic rings. The van der Waals surface area contributed by atoms with Crippen molar-refractivity contribution < 1.29 is 18.7 Å². The van der Waals surface area contributed by atoms with E-state index in [4.69, 9.17) is 13.9 Å². The number of carbonyl (C=O) groups excluding carboxylic acids is 1. The van der Waals surface area contributed by atoms with Gasteiger partial charge in [0.1, 0.15) is 6.29 Å². The summed E-state index contributed by atoms with van der Waals surface area (Å²) in [5.74, 6) is 3.89. The minimum absolute atomic E-state index is 0.385. The molecular formula is C42H74O4Si. The molecule has 1 aliphatic heterocycles. The standard InChI is InChI=1S/C25H46O2Si.C12H18O.C5H10O/c1-11-12-13-22-20(8)14-15-23-21(9)25(10,26-16-24(22)23)27-28(17(2)3,18(4)5)19(6)7;1-3-4-8-12-10(2)6-5-7-11(12)9-13;1-4-5(2)6-3/h11-12,16-23H,13-15H2,1-10H3;3-4,7,9-10,12H,5-6,8H2,1-2H3;4H,1-3H3/b12-11+;4-3+;/t20-,21?,22+,23?,25?;10-,12+;/m11./s1. The molecule has 0 aromatic carbocycles. The number of hydrogen-bond donors (Lipinski definition) is 0. The first-order valence-corrected chi connectivity index (χ1v) is 20.9. The average Bonchev–Trinajstić information content (AvgIpc) is 3.04. The van der Waals surface area contributed by atoms with Gasteiger partial charge in [0.05, 0.1) is 19.1 Å². The van der Waals surface area contributed by atoms with Gasteiger partial charge >= 0.3 is 0 Å². The maximum absolute atomic E-state index is 10.8. The van der Waals surface area contributed by atoms with E-state index in [2.05, 4.69) is 113 Å². The van der Waals surface area contributed by atoms with Crippen molar-refractivity contribution >= 4 is 14.6 Å². The molecule has 3 aliphatic rings. The van der Waals surface area contributed by atoms with Crippen LogP contribution in [0.5, 0.6) is 0 Å². The molecule has 0 aromatic heterocycles. The number of carbonyl (C=O) groups is 1. The molecule has 0 bridgehead atoms. The first-order valence-electron chi connectivity index (χ1n) is 18.7. The average molecular weight is 671 g/mol. The molecule has 3 unspecified atom stereocenters. The second-order valence-electron chi connectivity index (χ2n) is 15.4. The molecule has 0 amide bonds. The Morgan fingerprint density at radius 3 is 1.89 bits per heavy atom. The molecule has 1 saturated carbocycles. The summed E-state index contributed by atoms with van der Waals surface area (Å²) in [5, 5.41) is 0. The molecule has 0 spiro atoms. The zero-order valence-electron chi connectivity index (χ0n) is 33.2. The number of aldehydes is 1. The molecule has 0 N–H and O–H groups in total. The minimum atomic E-state index is -2.00. The van der Waals surface area contributed by atoms with Crippen LogP contribution < -0.4 is 0 Å². The maximum atomic E-state index is 10.8. The smallest absolute Gasteiger partial charge is 0.205 e. The van der Waals surface area contributed by atoms with E-state index in [9.17, 15) is 4.79 Å². The normalized spacial score (nSPS) is 29.8. The van der Waals surface area contributed by atoms with Gasteiger partial charge < -0.3 is 13.9 Å². The van der Waals surface area contributed by atoms with Crippen LogP contribution in [0.25, 0.3) is 0 Å². The molecule has 3 rings (SSSR count). The highest BCUT2D eigenvalue weighted by molar-refractivity contribution is 6.77. The van der Waals surface area contributed by atoms with Crippen molar-refractivity contribution in [2.24, 2.45) is 35.5 Å². The Bertz CT molecular complexity index is 1060. The van der Waals surface area contributed by atoms with Crippen molar-refractivity contribution in [2.45, 2.75) is 158 Å². The van der Waals surface area contributed by atoms with Crippen LogP contribution in [-0.2, 0) is 18.7 Å². The van der Waals surface area contributed by atoms with Crippen molar-refractivity contribution in [3.63, 3.8) is 0 Å². The molecule has 2 aliphatic carbocycles. The van der Waals surface area contributed by atoms with E-state index in [1.54, 1.807) is 7.11 Å². The van der Waals surface area contributed by atoms with Crippen LogP contribution >= 0.6 is 0 Å². The Labute approximate surface area is 292 Å². The fourth-order valence-corrected chi connectivity index (χ4v) is 14.0. The maximum Gasteiger partial charge on any atom is 0.205 e. The molecule has 5 heteroatoms. The van der Waals surface area contributed by atoms with Crippen molar-refractivity contribution in [3.05, 3.63) is 59.6 Å². The largest absolute Gasteiger partial charge is 0.502 e. The predicted octanol–water partition coefficient (Wildman–Crippen LogP) is 12.8. The minimum Gasteiger partial charge on any atom is -0.502 e. The molecule has 4 nitrogen and oxygen atoms in total. The van der Waals surface area contributed by atoms with Gasteiger partial charge in [-0.1, -0.05) is 98.8 Å². The van der Waals surface area contributed by atoms with Gasteiger partial charge in [0.2, 0.25) is 14.1 Å². The van der Waals surface area contributed by atoms with Gasteiger partial charge in [-0.25, -0.2) is 0 Å². The summed E-state index contributed by atoms with van der Waals surface area (Å²) in [6, 6.07) is 0. The summed E-state index contributed by atoms with van der Waals surface area (Å²) < 4.78 is 18.5. The summed E-state index contributed by atoms with van der Waals surface area (Å²) in [6.07, 6.45) is 22.9. The van der Waals surface area contributed by atoms with E-state index < -0.39 is 14.1 Å². The number of hydrogen-bond acceptors (Lipinski definition) is 4. The van der Waals surface area contributed by atoms with E-state index in [1.165, 1.54) is 24.8 Å². The predicted molar refractivity (Wildman–Crippen MR) is 206 cm³/mol. The second kappa shape index (κ2) is 20.6. The van der Waals surface area contributed by atoms with E-state index in [0.717, 1.165) is 42.8 Å². The van der Waals surface area contributed by atoms with Crippen molar-refractivity contribution in [1.82, 2.24) is 0 Å². The van der Waals surface area contributed by atoms with Gasteiger partial charge in [-0.15, -0.1) is 0 Å². The van der Waals surface area contributed by atoms with Crippen molar-refractivity contribution in [3.8, 4) is 0 Å². The first-order chi connectivity index (χ1) is 22.1. The quantitative estimate of drug-likeness (QED) is 0.0950. The van der Waals surface area contributed by atoms with Gasteiger partial charge in [-0.3, -0.25) is 4.79 Å². The van der Waals surface area contributed by atoms with Crippen LogP contribution in [0.2, 0.25) is 16.6 Å². The Hall–Kier alpha value is -1.85. The molecule has 0 radical (unpaired) electrons. The lowest BCUT2D eigenvalue weighted by molar-refractivity contribution is -0.200. The highest BCUT2D eigenvalue weighted by Gasteiger charge is 2.55. The number of methoxy groups -OCH3 is 1. The Kier molecular flexibility index (Phi) is 18.9. The van der Waals surface area contributed by atoms with Crippen LogP contribution in [0.4, 0.5) is 0 Å². The SMILES string of the molecule is C/C=C/C[C@@H]1C(C=O)=CCC[C@H]1C.C/C=C/C[C@@H]1C2=COC(C)(O[Si](C(C)C)(C(C)C)C(C)C)C(C)C2CC[C@H]1C.CC=C(C)OC. The fraction of sp³-hybridized carbons (Fsp3) is 0.738. The van der Waals surface area contributed by atoms with Crippen molar-refractivity contribution in [2.75, 3.05) is 7.11 Å². The number of allylic oxidation sites excluding steroid dienone is 9. The number of rotatable bonds is 11. The monoisotopic (exact) mass is 671 g/mol. The lowest BCUT2D eigenvalue weighted by atomic mass is 9.64. The molecule has 270 valence electrons. The van der Waals surface area contributed by atoms with Gasteiger partial charge in [-0.2, -0.15) is 0 Å². The van der Waals surface area contributed by atoms with Gasteiger partial charge in [0.25, 0.3) is 0 Å². The lowest BCUT2D eigenvalue weighted by Crippen LogP contribution is -2.58. The zero-order chi connectivity index (χ0) is 35.9. The molecule has 0 saturated heterocycles. The van der Waals surface area contributed by atoms with E-state index >= 15 is 0 Å². The molecule has 1 fully saturated rings. The number of ether oxygens (including phenoxy) is 2. The summed E-state index contributed by atoms with van der Waals surface area (Å²) in [5.41, 5.74) is 4.26. The van der Waals surface area contributed by atoms with Gasteiger partial charge in [-0.05, 0) is 124 Å². The Balaban J connectivity index is 0.000000477. The van der Waals surface area contributed by atoms with Crippen molar-refractivity contribution in [1.29, 1.82) is 0 Å². The molecular weight excluding hydrogens is 597 g/mol. The van der Waals surface area contributed by atoms with Gasteiger partial charge in [0.15, 0.2) is 0 Å². The van der Waals surface area contributed by atoms with E-state index in [0.29, 0.717) is 46.2 Å². The number of fused-ring (bicyclic) bond motifs is 1. The lowest BCUT2D eigenvalue weighted by Gasteiger charge is -2.54. The summed E-state index contributed by atoms with van der Waals surface area (Å²) in [4.78, 5) is 10.8. The third-order valence-electron chi connectivity index (χ3n) is 11.7. The second-order valence-corrected chi connectivity index (χ2v) is 20.8. The Morgan fingerprint density at radius 1 is 0.915 bits per heavy atom. The highest BCUT2D eigenvalue weighted by atomic mass is 28.4. The fourth-order valence-electron chi connectivity index (χ4n) is 8.36. The topological polar surface area (TPSA) is 44.8 Å². The van der Waals surface area contributed by atoms with Crippen LogP contribution in [0.1, 0.15) is 135 Å². The van der Waals surface area contributed by atoms with Crippen LogP contribution in [0, 0.1) is 35.5 Å². The van der Waals surface area contributed by atoms with Crippen LogP contribution in [-0.4, -0.2) is 27.5 Å². The van der Waals surface area contributed by atoms with Gasteiger partial charge in [0, 0.05) is 12.8 Å². The van der Waals surface area contributed by atoms with E-state index in [1.807, 2.05) is 26.8 Å². The molecule has 1 heterocycles. The summed E-state index contributed by atoms with van der Waals surface area (Å²) in [6.45, 7) is 31.4. The van der Waals surface area contributed by atoms with Crippen LogP contribution in [0.3, 0.4) is 0 Å². The van der Waals surface area contributed by atoms with E-state index in [-0.39, 0.29) is 0 Å². The summed E-state index contributed by atoms with van der Waals surface area (Å²) in [7, 11) is -0.341. The third kappa shape index (κ3) is 11.3. The third-order valence-corrected chi connectivity index (χ3v) is 17.8. The molecule has 7 atom stereocenters. The zero-order valence-corrected chi connectivity index (χ0v) is 34.2.